The highest BCUT2D eigenvalue weighted by atomic mass is 19.1. The summed E-state index contributed by atoms with van der Waals surface area (Å²) in [5.41, 5.74) is 2.83. The van der Waals surface area contributed by atoms with Crippen molar-refractivity contribution in [2.75, 3.05) is 19.8 Å². The second-order valence-corrected chi connectivity index (χ2v) is 5.14. The third kappa shape index (κ3) is 2.73. The average Bonchev–Trinajstić information content (AvgIpc) is 2.79. The molecule has 18 heavy (non-hydrogen) atoms. The van der Waals surface area contributed by atoms with Gasteiger partial charge in [0, 0.05) is 24.1 Å². The van der Waals surface area contributed by atoms with E-state index in [9.17, 15) is 4.39 Å². The van der Waals surface area contributed by atoms with E-state index in [2.05, 4.69) is 18.3 Å². The maximum atomic E-state index is 14.3. The van der Waals surface area contributed by atoms with Gasteiger partial charge >= 0.3 is 0 Å². The Bertz CT molecular complexity index is 390. The van der Waals surface area contributed by atoms with E-state index in [1.165, 1.54) is 0 Å². The zero-order valence-corrected chi connectivity index (χ0v) is 11.4. The molecule has 0 bridgehead atoms. The summed E-state index contributed by atoms with van der Waals surface area (Å²) in [6, 6.07) is 3.75. The van der Waals surface area contributed by atoms with Gasteiger partial charge in [-0.05, 0) is 44.0 Å². The first kappa shape index (κ1) is 13.5. The molecule has 1 aromatic carbocycles. The molecule has 1 saturated heterocycles. The summed E-state index contributed by atoms with van der Waals surface area (Å²) in [6.07, 6.45) is 1.00. The molecule has 0 aliphatic carbocycles. The Kier molecular flexibility index (Phi) is 4.36. The lowest BCUT2D eigenvalue weighted by molar-refractivity contribution is 0.176. The number of halogens is 1. The SMILES string of the molecule is CCNC(c1c(C)cc(C)cc1F)C1CCOC1. The first-order valence-electron chi connectivity index (χ1n) is 6.71. The standard InChI is InChI=1S/C15H22FNO/c1-4-17-15(12-5-6-18-9-12)14-11(3)7-10(2)8-13(14)16/h7-8,12,15,17H,4-6,9H2,1-3H3. The van der Waals surface area contributed by atoms with Crippen LogP contribution in [0.4, 0.5) is 4.39 Å². The van der Waals surface area contributed by atoms with Gasteiger partial charge in [-0.2, -0.15) is 0 Å². The molecule has 0 spiro atoms. The molecule has 2 nitrogen and oxygen atoms in total. The molecule has 0 radical (unpaired) electrons. The monoisotopic (exact) mass is 251 g/mol. The van der Waals surface area contributed by atoms with Crippen molar-refractivity contribution >= 4 is 0 Å². The first-order chi connectivity index (χ1) is 8.63. The molecule has 3 heteroatoms. The minimum atomic E-state index is -0.0923. The Labute approximate surface area is 109 Å². The summed E-state index contributed by atoms with van der Waals surface area (Å²) >= 11 is 0. The van der Waals surface area contributed by atoms with Crippen molar-refractivity contribution in [3.05, 3.63) is 34.6 Å². The van der Waals surface area contributed by atoms with Gasteiger partial charge in [0.05, 0.1) is 6.61 Å². The number of nitrogens with one attached hydrogen (secondary N) is 1. The van der Waals surface area contributed by atoms with Gasteiger partial charge in [-0.25, -0.2) is 4.39 Å². The quantitative estimate of drug-likeness (QED) is 0.887. The van der Waals surface area contributed by atoms with E-state index < -0.39 is 0 Å². The number of hydrogen-bond acceptors (Lipinski definition) is 2. The molecule has 100 valence electrons. The smallest absolute Gasteiger partial charge is 0.128 e. The topological polar surface area (TPSA) is 21.3 Å². The summed E-state index contributed by atoms with van der Waals surface area (Å²) in [4.78, 5) is 0. The van der Waals surface area contributed by atoms with Gasteiger partial charge in [-0.3, -0.25) is 0 Å². The third-order valence-electron chi connectivity index (χ3n) is 3.65. The van der Waals surface area contributed by atoms with Gasteiger partial charge in [0.15, 0.2) is 0 Å². The van der Waals surface area contributed by atoms with Gasteiger partial charge in [0.25, 0.3) is 0 Å². The number of benzene rings is 1. The second-order valence-electron chi connectivity index (χ2n) is 5.14. The number of ether oxygens (including phenoxy) is 1. The molecule has 1 heterocycles. The van der Waals surface area contributed by atoms with Crippen molar-refractivity contribution in [1.29, 1.82) is 0 Å². The van der Waals surface area contributed by atoms with Crippen LogP contribution in [0.5, 0.6) is 0 Å². The summed E-state index contributed by atoms with van der Waals surface area (Å²) in [5.74, 6) is 0.284. The highest BCUT2D eigenvalue weighted by Crippen LogP contribution is 2.32. The van der Waals surface area contributed by atoms with Gasteiger partial charge < -0.3 is 10.1 Å². The highest BCUT2D eigenvalue weighted by Gasteiger charge is 2.29. The van der Waals surface area contributed by atoms with Crippen LogP contribution in [0.2, 0.25) is 0 Å². The van der Waals surface area contributed by atoms with Crippen LogP contribution in [-0.2, 0) is 4.74 Å². The van der Waals surface area contributed by atoms with E-state index in [1.54, 1.807) is 6.07 Å². The Morgan fingerprint density at radius 3 is 2.78 bits per heavy atom. The molecule has 1 aliphatic rings. The fourth-order valence-electron chi connectivity index (χ4n) is 2.86. The molecule has 0 aromatic heterocycles. The maximum absolute atomic E-state index is 14.3. The van der Waals surface area contributed by atoms with Crippen molar-refractivity contribution in [1.82, 2.24) is 5.32 Å². The van der Waals surface area contributed by atoms with Crippen molar-refractivity contribution in [2.45, 2.75) is 33.2 Å². The molecule has 0 amide bonds. The molecule has 1 N–H and O–H groups in total. The number of aryl methyl sites for hydroxylation is 2. The molecular weight excluding hydrogens is 229 g/mol. The molecule has 2 atom stereocenters. The lowest BCUT2D eigenvalue weighted by atomic mass is 9.88. The zero-order chi connectivity index (χ0) is 13.1. The van der Waals surface area contributed by atoms with Crippen LogP contribution < -0.4 is 5.32 Å². The second kappa shape index (κ2) is 5.81. The minimum Gasteiger partial charge on any atom is -0.381 e. The lowest BCUT2D eigenvalue weighted by Gasteiger charge is -2.26. The van der Waals surface area contributed by atoms with Crippen LogP contribution in [0.25, 0.3) is 0 Å². The predicted molar refractivity (Wildman–Crippen MR) is 71.2 cm³/mol. The van der Waals surface area contributed by atoms with Crippen molar-refractivity contribution in [3.63, 3.8) is 0 Å². The molecule has 0 saturated carbocycles. The van der Waals surface area contributed by atoms with Crippen LogP contribution in [-0.4, -0.2) is 19.8 Å². The van der Waals surface area contributed by atoms with Crippen molar-refractivity contribution in [3.8, 4) is 0 Å². The largest absolute Gasteiger partial charge is 0.381 e. The van der Waals surface area contributed by atoms with Crippen LogP contribution in [0, 0.1) is 25.6 Å². The van der Waals surface area contributed by atoms with E-state index in [0.717, 1.165) is 42.9 Å². The summed E-state index contributed by atoms with van der Waals surface area (Å²) in [6.45, 7) is 8.34. The fourth-order valence-corrected chi connectivity index (χ4v) is 2.86. The third-order valence-corrected chi connectivity index (χ3v) is 3.65. The average molecular weight is 251 g/mol. The van der Waals surface area contributed by atoms with Crippen molar-refractivity contribution < 1.29 is 9.13 Å². The Morgan fingerprint density at radius 2 is 2.22 bits per heavy atom. The summed E-state index contributed by atoms with van der Waals surface area (Å²) in [5, 5.41) is 3.42. The van der Waals surface area contributed by atoms with Gasteiger partial charge in [0.2, 0.25) is 0 Å². The van der Waals surface area contributed by atoms with Gasteiger partial charge in [-0.15, -0.1) is 0 Å². The van der Waals surface area contributed by atoms with E-state index in [4.69, 9.17) is 4.74 Å². The molecule has 2 unspecified atom stereocenters. The number of rotatable bonds is 4. The van der Waals surface area contributed by atoms with E-state index in [1.807, 2.05) is 13.8 Å². The molecule has 1 aromatic rings. The predicted octanol–water partition coefficient (Wildman–Crippen LogP) is 3.13. The first-order valence-corrected chi connectivity index (χ1v) is 6.71. The molecule has 2 rings (SSSR count). The Morgan fingerprint density at radius 1 is 1.44 bits per heavy atom. The molecule has 1 fully saturated rings. The highest BCUT2D eigenvalue weighted by molar-refractivity contribution is 5.35. The van der Waals surface area contributed by atoms with E-state index >= 15 is 0 Å². The molecular formula is C15H22FNO. The zero-order valence-electron chi connectivity index (χ0n) is 11.4. The van der Waals surface area contributed by atoms with E-state index in [0.29, 0.717) is 5.92 Å². The van der Waals surface area contributed by atoms with Gasteiger partial charge in [-0.1, -0.05) is 13.0 Å². The minimum absolute atomic E-state index is 0.0677. The van der Waals surface area contributed by atoms with Crippen LogP contribution in [0.15, 0.2) is 12.1 Å². The Balaban J connectivity index is 2.35. The lowest BCUT2D eigenvalue weighted by Crippen LogP contribution is -2.30. The van der Waals surface area contributed by atoms with Crippen LogP contribution in [0.3, 0.4) is 0 Å². The van der Waals surface area contributed by atoms with Crippen LogP contribution >= 0.6 is 0 Å². The van der Waals surface area contributed by atoms with E-state index in [-0.39, 0.29) is 11.9 Å². The summed E-state index contributed by atoms with van der Waals surface area (Å²) in [7, 11) is 0. The fraction of sp³-hybridized carbons (Fsp3) is 0.600. The summed E-state index contributed by atoms with van der Waals surface area (Å²) < 4.78 is 19.7. The Hall–Kier alpha value is -0.930. The van der Waals surface area contributed by atoms with Crippen LogP contribution in [0.1, 0.15) is 36.1 Å². The van der Waals surface area contributed by atoms with Crippen molar-refractivity contribution in [2.24, 2.45) is 5.92 Å². The number of hydrogen-bond donors (Lipinski definition) is 1. The normalized spacial score (nSPS) is 21.2. The van der Waals surface area contributed by atoms with Gasteiger partial charge in [0.1, 0.15) is 5.82 Å². The maximum Gasteiger partial charge on any atom is 0.128 e. The molecule has 1 aliphatic heterocycles.